The van der Waals surface area contributed by atoms with Gasteiger partial charge in [-0.3, -0.25) is 14.5 Å². The summed E-state index contributed by atoms with van der Waals surface area (Å²) in [6, 6.07) is 4.88. The van der Waals surface area contributed by atoms with E-state index < -0.39 is 12.0 Å². The van der Waals surface area contributed by atoms with Gasteiger partial charge in [0.2, 0.25) is 5.95 Å². The van der Waals surface area contributed by atoms with E-state index in [0.29, 0.717) is 23.9 Å². The molecule has 5 heterocycles. The number of fused-ring (bicyclic) bond motifs is 3. The van der Waals surface area contributed by atoms with Crippen LogP contribution < -0.4 is 9.80 Å². The van der Waals surface area contributed by atoms with E-state index in [0.717, 1.165) is 49.2 Å². The Morgan fingerprint density at radius 3 is 2.52 bits per heavy atom. The Morgan fingerprint density at radius 1 is 1.00 bits per heavy atom. The molecule has 1 unspecified atom stereocenters. The Balaban J connectivity index is 1.16. The second kappa shape index (κ2) is 6.60. The zero-order chi connectivity index (χ0) is 22.4. The number of hydrogen-bond acceptors (Lipinski definition) is 7. The van der Waals surface area contributed by atoms with E-state index >= 15 is 0 Å². The van der Waals surface area contributed by atoms with Gasteiger partial charge in [-0.2, -0.15) is 0 Å². The topological polar surface area (TPSA) is 66.2 Å². The average Bonchev–Trinajstić information content (AvgIpc) is 3.25. The molecule has 2 aromatic heterocycles. The smallest absolute Gasteiger partial charge is 0.265 e. The maximum Gasteiger partial charge on any atom is 0.265 e. The summed E-state index contributed by atoms with van der Waals surface area (Å²) in [5.41, 5.74) is 2.04. The minimum atomic E-state index is -2.64. The van der Waals surface area contributed by atoms with Crippen molar-refractivity contribution in [3.63, 3.8) is 0 Å². The number of benzene rings is 1. The fourth-order valence-electron chi connectivity index (χ4n) is 5.52. The molecule has 1 saturated carbocycles. The van der Waals surface area contributed by atoms with Crippen LogP contribution in [0.4, 0.5) is 20.5 Å². The van der Waals surface area contributed by atoms with Gasteiger partial charge in [-0.25, -0.2) is 13.8 Å². The summed E-state index contributed by atoms with van der Waals surface area (Å²) in [7, 11) is 0. The number of aromatic nitrogens is 5. The van der Waals surface area contributed by atoms with Crippen molar-refractivity contribution in [2.75, 3.05) is 36.0 Å². The summed E-state index contributed by atoms with van der Waals surface area (Å²) in [5, 5.41) is 9.51. The van der Waals surface area contributed by atoms with Crippen molar-refractivity contribution in [2.24, 2.45) is 5.41 Å². The molecule has 8 nitrogen and oxygen atoms in total. The van der Waals surface area contributed by atoms with Crippen molar-refractivity contribution in [3.8, 4) is 5.69 Å². The lowest BCUT2D eigenvalue weighted by atomic mass is 9.73. The van der Waals surface area contributed by atoms with Gasteiger partial charge < -0.3 is 9.80 Å². The largest absolute Gasteiger partial charge is 0.354 e. The molecule has 170 valence electrons. The minimum absolute atomic E-state index is 0.110. The zero-order valence-corrected chi connectivity index (χ0v) is 18.5. The first kappa shape index (κ1) is 19.6. The highest BCUT2D eigenvalue weighted by atomic mass is 35.5. The normalized spacial score (nSPS) is 24.5. The minimum Gasteiger partial charge on any atom is -0.354 e. The van der Waals surface area contributed by atoms with E-state index in [4.69, 9.17) is 11.6 Å². The monoisotopic (exact) mass is 470 g/mol. The number of rotatable bonds is 3. The molecule has 0 N–H and O–H groups in total. The maximum atomic E-state index is 13.9. The fraction of sp³-hybridized carbons (Fsp3) is 0.455. The van der Waals surface area contributed by atoms with Gasteiger partial charge in [-0.05, 0) is 23.8 Å². The fourth-order valence-corrected chi connectivity index (χ4v) is 5.71. The van der Waals surface area contributed by atoms with Crippen molar-refractivity contribution in [1.82, 2.24) is 29.6 Å². The van der Waals surface area contributed by atoms with Crippen molar-refractivity contribution in [2.45, 2.75) is 31.5 Å². The molecule has 2 saturated heterocycles. The van der Waals surface area contributed by atoms with E-state index in [1.54, 1.807) is 23.5 Å². The predicted octanol–water partition coefficient (Wildman–Crippen LogP) is 2.76. The third-order valence-corrected chi connectivity index (χ3v) is 7.44. The van der Waals surface area contributed by atoms with Crippen molar-refractivity contribution >= 4 is 23.4 Å². The van der Waals surface area contributed by atoms with E-state index in [1.807, 2.05) is 22.8 Å². The molecule has 3 aliphatic heterocycles. The first-order valence-electron chi connectivity index (χ1n) is 11.0. The average molecular weight is 471 g/mol. The van der Waals surface area contributed by atoms with E-state index in [-0.39, 0.29) is 11.8 Å². The number of hydrogen-bond donors (Lipinski definition) is 0. The molecular formula is C22H21ClF2N8. The first-order chi connectivity index (χ1) is 15.9. The Bertz CT molecular complexity index is 1230. The Hall–Kier alpha value is -2.85. The molecule has 1 spiro atoms. The van der Waals surface area contributed by atoms with Crippen LogP contribution in [0, 0.1) is 5.41 Å². The zero-order valence-electron chi connectivity index (χ0n) is 17.7. The number of halogens is 3. The molecule has 7 rings (SSSR count). The lowest BCUT2D eigenvalue weighted by Gasteiger charge is -2.60. The number of anilines is 2. The van der Waals surface area contributed by atoms with E-state index in [9.17, 15) is 8.78 Å². The van der Waals surface area contributed by atoms with Crippen LogP contribution in [0.3, 0.4) is 0 Å². The molecular weight excluding hydrogens is 450 g/mol. The molecule has 11 heteroatoms. The molecule has 0 radical (unpaired) electrons. The van der Waals surface area contributed by atoms with Crippen LogP contribution in [-0.4, -0.2) is 67.8 Å². The summed E-state index contributed by atoms with van der Waals surface area (Å²) >= 11 is 6.27. The highest BCUT2D eigenvalue weighted by molar-refractivity contribution is 6.30. The van der Waals surface area contributed by atoms with Crippen LogP contribution >= 0.6 is 11.6 Å². The second-order valence-electron chi connectivity index (χ2n) is 9.69. The van der Waals surface area contributed by atoms with Crippen molar-refractivity contribution < 1.29 is 8.78 Å². The first-order valence-corrected chi connectivity index (χ1v) is 11.4. The molecule has 4 aliphatic rings. The highest BCUT2D eigenvalue weighted by Crippen LogP contribution is 2.48. The van der Waals surface area contributed by atoms with Crippen LogP contribution in [-0.2, 0) is 13.1 Å². The van der Waals surface area contributed by atoms with Crippen LogP contribution in [0.1, 0.15) is 17.8 Å². The Morgan fingerprint density at radius 2 is 1.79 bits per heavy atom. The SMILES string of the molecule is FC1(F)CC1N1Cc2cc(Cl)ccc2-n2c(nnc2N2CC3(CN(c4cnccn4)C3)C2)C1. The third-order valence-electron chi connectivity index (χ3n) is 7.21. The summed E-state index contributed by atoms with van der Waals surface area (Å²) in [4.78, 5) is 14.8. The van der Waals surface area contributed by atoms with Crippen molar-refractivity contribution in [1.29, 1.82) is 0 Å². The van der Waals surface area contributed by atoms with Gasteiger partial charge in [0.05, 0.1) is 24.5 Å². The quantitative estimate of drug-likeness (QED) is 0.583. The highest BCUT2D eigenvalue weighted by Gasteiger charge is 2.60. The second-order valence-corrected chi connectivity index (χ2v) is 10.1. The predicted molar refractivity (Wildman–Crippen MR) is 118 cm³/mol. The van der Waals surface area contributed by atoms with Gasteiger partial charge in [0.25, 0.3) is 5.92 Å². The molecule has 33 heavy (non-hydrogen) atoms. The van der Waals surface area contributed by atoms with Crippen LogP contribution in [0.5, 0.6) is 0 Å². The van der Waals surface area contributed by atoms with E-state index in [1.165, 1.54) is 0 Å². The third kappa shape index (κ3) is 3.03. The molecule has 0 amide bonds. The number of alkyl halides is 2. The van der Waals surface area contributed by atoms with Crippen LogP contribution in [0.25, 0.3) is 5.69 Å². The Kier molecular flexibility index (Phi) is 3.92. The lowest BCUT2D eigenvalue weighted by molar-refractivity contribution is 0.0663. The van der Waals surface area contributed by atoms with Gasteiger partial charge in [0.1, 0.15) is 5.82 Å². The molecule has 1 atom stereocenters. The standard InChI is InChI=1S/C22H21ClF2N8/c23-15-1-2-16-14(5-15)8-30(17-6-22(17,24)25)9-19-28-29-20(33(16)19)32-12-21(13-32)10-31(11-21)18-7-26-3-4-27-18/h1-5,7,17H,6,8-13H2. The summed E-state index contributed by atoms with van der Waals surface area (Å²) in [6.07, 6.45) is 5.07. The van der Waals surface area contributed by atoms with Gasteiger partial charge in [0.15, 0.2) is 5.82 Å². The molecule has 1 aromatic carbocycles. The van der Waals surface area contributed by atoms with Crippen LogP contribution in [0.15, 0.2) is 36.8 Å². The van der Waals surface area contributed by atoms with Gasteiger partial charge >= 0.3 is 0 Å². The Labute approximate surface area is 193 Å². The summed E-state index contributed by atoms with van der Waals surface area (Å²) < 4.78 is 29.8. The molecule has 1 aliphatic carbocycles. The van der Waals surface area contributed by atoms with Gasteiger partial charge in [-0.15, -0.1) is 10.2 Å². The van der Waals surface area contributed by atoms with Gasteiger partial charge in [-0.1, -0.05) is 11.6 Å². The summed E-state index contributed by atoms with van der Waals surface area (Å²) in [5.74, 6) is -0.286. The molecule has 3 fully saturated rings. The molecule has 0 bridgehead atoms. The van der Waals surface area contributed by atoms with Crippen molar-refractivity contribution in [3.05, 3.63) is 53.2 Å². The number of nitrogens with zero attached hydrogens (tertiary/aromatic N) is 8. The lowest BCUT2D eigenvalue weighted by Crippen LogP contribution is -2.73. The summed E-state index contributed by atoms with van der Waals surface area (Å²) in [6.45, 7) is 4.35. The van der Waals surface area contributed by atoms with E-state index in [2.05, 4.69) is 30.0 Å². The molecule has 3 aromatic rings. The van der Waals surface area contributed by atoms with Crippen LogP contribution in [0.2, 0.25) is 5.02 Å². The van der Waals surface area contributed by atoms with Gasteiger partial charge in [0, 0.05) is 62.0 Å². The maximum absolute atomic E-state index is 13.9.